The molecule has 5 nitrogen and oxygen atoms in total. The van der Waals surface area contributed by atoms with Crippen LogP contribution in [0.2, 0.25) is 0 Å². The summed E-state index contributed by atoms with van der Waals surface area (Å²) < 4.78 is 37.5. The first kappa shape index (κ1) is 16.5. The van der Waals surface area contributed by atoms with Crippen molar-refractivity contribution in [1.82, 2.24) is 4.72 Å². The van der Waals surface area contributed by atoms with Crippen LogP contribution in [-0.2, 0) is 10.0 Å². The number of benzene rings is 1. The highest BCUT2D eigenvalue weighted by Gasteiger charge is 2.16. The van der Waals surface area contributed by atoms with Crippen molar-refractivity contribution in [1.29, 1.82) is 0 Å². The molecule has 0 heterocycles. The number of nitrogens with one attached hydrogen (secondary N) is 1. The molecule has 0 saturated carbocycles. The van der Waals surface area contributed by atoms with E-state index in [2.05, 4.69) is 11.3 Å². The molecule has 20 heavy (non-hydrogen) atoms. The predicted molar refractivity (Wildman–Crippen MR) is 78.8 cm³/mol. The molecule has 0 aromatic heterocycles. The highest BCUT2D eigenvalue weighted by molar-refractivity contribution is 7.89. The van der Waals surface area contributed by atoms with E-state index in [1.807, 2.05) is 13.8 Å². The molecule has 0 aliphatic heterocycles. The Morgan fingerprint density at radius 2 is 1.85 bits per heavy atom. The van der Waals surface area contributed by atoms with Gasteiger partial charge >= 0.3 is 0 Å². The molecule has 0 saturated heterocycles. The molecule has 0 aliphatic rings. The lowest BCUT2D eigenvalue weighted by atomic mass is 10.3. The molecule has 6 heteroatoms. The van der Waals surface area contributed by atoms with E-state index in [0.29, 0.717) is 37.7 Å². The van der Waals surface area contributed by atoms with Gasteiger partial charge < -0.3 is 9.47 Å². The molecule has 112 valence electrons. The Kier molecular flexibility index (Phi) is 6.54. The zero-order valence-electron chi connectivity index (χ0n) is 11.9. The lowest BCUT2D eigenvalue weighted by molar-refractivity contribution is 0.287. The number of rotatable bonds is 9. The molecule has 0 aliphatic carbocycles. The molecule has 1 N–H and O–H groups in total. The highest BCUT2D eigenvalue weighted by Crippen LogP contribution is 2.30. The third-order valence-corrected chi connectivity index (χ3v) is 3.92. The Hall–Kier alpha value is -1.53. The first-order valence-corrected chi connectivity index (χ1v) is 8.03. The van der Waals surface area contributed by atoms with Crippen LogP contribution < -0.4 is 14.2 Å². The van der Waals surface area contributed by atoms with E-state index in [4.69, 9.17) is 9.47 Å². The molecule has 0 bridgehead atoms. The van der Waals surface area contributed by atoms with Crippen molar-refractivity contribution in [3.8, 4) is 11.5 Å². The highest BCUT2D eigenvalue weighted by atomic mass is 32.2. The molecule has 1 rings (SSSR count). The normalized spacial score (nSPS) is 11.1. The van der Waals surface area contributed by atoms with E-state index < -0.39 is 10.0 Å². The second-order valence-corrected chi connectivity index (χ2v) is 5.72. The summed E-state index contributed by atoms with van der Waals surface area (Å²) >= 11 is 0. The Labute approximate surface area is 120 Å². The molecule has 1 aromatic rings. The lowest BCUT2D eigenvalue weighted by Gasteiger charge is -2.13. The summed E-state index contributed by atoms with van der Waals surface area (Å²) in [6.07, 6.45) is 2.24. The quantitative estimate of drug-likeness (QED) is 0.561. The van der Waals surface area contributed by atoms with Crippen molar-refractivity contribution in [3.63, 3.8) is 0 Å². The minimum atomic E-state index is -3.54. The van der Waals surface area contributed by atoms with Gasteiger partial charge in [0.2, 0.25) is 10.0 Å². The van der Waals surface area contributed by atoms with Crippen LogP contribution >= 0.6 is 0 Å². The number of ether oxygens (including phenoxy) is 2. The van der Waals surface area contributed by atoms with Gasteiger partial charge in [-0.2, -0.15) is 0 Å². The molecular formula is C14H21NO4S. The fourth-order valence-corrected chi connectivity index (χ4v) is 2.64. The molecule has 0 spiro atoms. The smallest absolute Gasteiger partial charge is 0.240 e. The topological polar surface area (TPSA) is 64.6 Å². The van der Waals surface area contributed by atoms with Crippen molar-refractivity contribution < 1.29 is 17.9 Å². The second kappa shape index (κ2) is 7.91. The molecule has 0 amide bonds. The standard InChI is InChI=1S/C14H21NO4S/c1-4-7-10-15-20(16,17)12-8-9-13(18-5-2)14(11-12)19-6-3/h4,8-9,11,15H,1,5-7,10H2,2-3H3. The zero-order chi connectivity index (χ0) is 15.0. The van der Waals surface area contributed by atoms with Gasteiger partial charge in [0.15, 0.2) is 11.5 Å². The maximum absolute atomic E-state index is 12.1. The fraction of sp³-hybridized carbons (Fsp3) is 0.429. The third kappa shape index (κ3) is 4.54. The monoisotopic (exact) mass is 299 g/mol. The van der Waals surface area contributed by atoms with Gasteiger partial charge in [0, 0.05) is 12.6 Å². The maximum Gasteiger partial charge on any atom is 0.240 e. The molecule has 0 fully saturated rings. The van der Waals surface area contributed by atoms with Crippen molar-refractivity contribution >= 4 is 10.0 Å². The summed E-state index contributed by atoms with van der Waals surface area (Å²) in [4.78, 5) is 0.161. The van der Waals surface area contributed by atoms with E-state index in [1.54, 1.807) is 12.1 Å². The number of sulfonamides is 1. The third-order valence-electron chi connectivity index (χ3n) is 2.47. The van der Waals surface area contributed by atoms with E-state index in [0.717, 1.165) is 0 Å². The first-order valence-electron chi connectivity index (χ1n) is 6.55. The van der Waals surface area contributed by atoms with Gasteiger partial charge in [-0.25, -0.2) is 13.1 Å². The van der Waals surface area contributed by atoms with Gasteiger partial charge in [0.25, 0.3) is 0 Å². The van der Waals surface area contributed by atoms with E-state index in [9.17, 15) is 8.42 Å². The van der Waals surface area contributed by atoms with Gasteiger partial charge in [0.1, 0.15) is 0 Å². The Morgan fingerprint density at radius 1 is 1.20 bits per heavy atom. The van der Waals surface area contributed by atoms with E-state index in [1.165, 1.54) is 12.1 Å². The van der Waals surface area contributed by atoms with Crippen LogP contribution in [0.4, 0.5) is 0 Å². The van der Waals surface area contributed by atoms with Crippen LogP contribution in [0.25, 0.3) is 0 Å². The van der Waals surface area contributed by atoms with Crippen molar-refractivity contribution in [2.45, 2.75) is 25.2 Å². The van der Waals surface area contributed by atoms with Gasteiger partial charge in [-0.3, -0.25) is 0 Å². The number of hydrogen-bond donors (Lipinski definition) is 1. The largest absolute Gasteiger partial charge is 0.490 e. The maximum atomic E-state index is 12.1. The first-order chi connectivity index (χ1) is 9.55. The average Bonchev–Trinajstić information content (AvgIpc) is 2.41. The molecule has 0 atom stereocenters. The van der Waals surface area contributed by atoms with Gasteiger partial charge in [-0.1, -0.05) is 6.08 Å². The lowest BCUT2D eigenvalue weighted by Crippen LogP contribution is -2.24. The zero-order valence-corrected chi connectivity index (χ0v) is 12.7. The molecule has 0 radical (unpaired) electrons. The SMILES string of the molecule is C=CCCNS(=O)(=O)c1ccc(OCC)c(OCC)c1. The minimum Gasteiger partial charge on any atom is -0.490 e. The summed E-state index contributed by atoms with van der Waals surface area (Å²) in [6, 6.07) is 4.59. The van der Waals surface area contributed by atoms with Crippen LogP contribution in [0, 0.1) is 0 Å². The Balaban J connectivity index is 3.00. The van der Waals surface area contributed by atoms with Gasteiger partial charge in [-0.15, -0.1) is 6.58 Å². The Morgan fingerprint density at radius 3 is 2.45 bits per heavy atom. The van der Waals surface area contributed by atoms with Crippen LogP contribution in [0.15, 0.2) is 35.7 Å². The summed E-state index contributed by atoms with van der Waals surface area (Å²) in [5.41, 5.74) is 0. The van der Waals surface area contributed by atoms with Crippen LogP contribution in [0.5, 0.6) is 11.5 Å². The molecular weight excluding hydrogens is 278 g/mol. The summed E-state index contributed by atoms with van der Waals surface area (Å²) in [7, 11) is -3.54. The van der Waals surface area contributed by atoms with Crippen LogP contribution in [-0.4, -0.2) is 28.2 Å². The van der Waals surface area contributed by atoms with E-state index in [-0.39, 0.29) is 4.90 Å². The number of hydrogen-bond acceptors (Lipinski definition) is 4. The summed E-state index contributed by atoms with van der Waals surface area (Å²) in [5.74, 6) is 0.973. The predicted octanol–water partition coefficient (Wildman–Crippen LogP) is 2.34. The minimum absolute atomic E-state index is 0.161. The van der Waals surface area contributed by atoms with Crippen molar-refractivity contribution in [3.05, 3.63) is 30.9 Å². The van der Waals surface area contributed by atoms with Crippen molar-refractivity contribution in [2.75, 3.05) is 19.8 Å². The van der Waals surface area contributed by atoms with Crippen LogP contribution in [0.3, 0.4) is 0 Å². The second-order valence-electron chi connectivity index (χ2n) is 3.95. The van der Waals surface area contributed by atoms with Gasteiger partial charge in [0.05, 0.1) is 18.1 Å². The summed E-state index contributed by atoms with van der Waals surface area (Å²) in [5, 5.41) is 0. The van der Waals surface area contributed by atoms with E-state index >= 15 is 0 Å². The molecule has 1 aromatic carbocycles. The fourth-order valence-electron chi connectivity index (χ4n) is 1.58. The van der Waals surface area contributed by atoms with Gasteiger partial charge in [-0.05, 0) is 32.4 Å². The summed E-state index contributed by atoms with van der Waals surface area (Å²) in [6.45, 7) is 8.49. The van der Waals surface area contributed by atoms with Crippen molar-refractivity contribution in [2.24, 2.45) is 0 Å². The van der Waals surface area contributed by atoms with Crippen LogP contribution in [0.1, 0.15) is 20.3 Å². The molecule has 0 unspecified atom stereocenters. The average molecular weight is 299 g/mol. The Bertz CT molecular complexity index is 540.